The molecule has 0 saturated carbocycles. The van der Waals surface area contributed by atoms with Crippen molar-refractivity contribution < 1.29 is 18.4 Å². The second kappa shape index (κ2) is 9.73. The van der Waals surface area contributed by atoms with Gasteiger partial charge in [-0.3, -0.25) is 9.59 Å². The van der Waals surface area contributed by atoms with E-state index in [9.17, 15) is 14.9 Å². The van der Waals surface area contributed by atoms with Gasteiger partial charge in [-0.2, -0.15) is 21.6 Å². The highest BCUT2D eigenvalue weighted by Crippen LogP contribution is 2.32. The summed E-state index contributed by atoms with van der Waals surface area (Å²) in [7, 11) is 0. The first-order valence-corrected chi connectivity index (χ1v) is 12.4. The van der Waals surface area contributed by atoms with Crippen LogP contribution in [0.2, 0.25) is 0 Å². The van der Waals surface area contributed by atoms with Crippen LogP contribution in [0, 0.1) is 17.2 Å². The Labute approximate surface area is 201 Å². The highest BCUT2D eigenvalue weighted by molar-refractivity contribution is 7.08. The molecule has 0 bridgehead atoms. The van der Waals surface area contributed by atoms with E-state index in [1.165, 1.54) is 17.6 Å². The number of rotatable bonds is 5. The number of piperidine rings is 2. The molecule has 2 aliphatic rings. The number of thiophene rings is 1. The molecule has 0 aliphatic carbocycles. The first kappa shape index (κ1) is 22.2. The molecule has 9 nitrogen and oxygen atoms in total. The van der Waals surface area contributed by atoms with Gasteiger partial charge in [-0.25, -0.2) is 0 Å². The van der Waals surface area contributed by atoms with Gasteiger partial charge in [-0.1, -0.05) is 0 Å². The lowest BCUT2D eigenvalue weighted by atomic mass is 9.93. The summed E-state index contributed by atoms with van der Waals surface area (Å²) in [6.45, 7) is 2.54. The summed E-state index contributed by atoms with van der Waals surface area (Å²) in [6.07, 6.45) is 4.44. The molecule has 5 rings (SSSR count). The van der Waals surface area contributed by atoms with Crippen molar-refractivity contribution in [3.05, 3.63) is 46.5 Å². The number of hydrogen-bond acceptors (Lipinski definition) is 8. The van der Waals surface area contributed by atoms with E-state index in [1.54, 1.807) is 12.1 Å². The van der Waals surface area contributed by atoms with Gasteiger partial charge < -0.3 is 24.0 Å². The fourth-order valence-corrected chi connectivity index (χ4v) is 5.24. The molecule has 5 heterocycles. The number of carbonyl (C=O) groups is 2. The van der Waals surface area contributed by atoms with Crippen molar-refractivity contribution in [1.29, 1.82) is 5.26 Å². The van der Waals surface area contributed by atoms with Gasteiger partial charge in [0.25, 0.3) is 11.8 Å². The zero-order valence-electron chi connectivity index (χ0n) is 18.6. The lowest BCUT2D eigenvalue weighted by molar-refractivity contribution is -0.137. The normalized spacial score (nSPS) is 17.5. The first-order chi connectivity index (χ1) is 16.6. The molecule has 0 atom stereocenters. The third-order valence-electron chi connectivity index (χ3n) is 6.50. The van der Waals surface area contributed by atoms with E-state index >= 15 is 0 Å². The number of carbonyl (C=O) groups excluding carboxylic acids is 2. The number of aromatic nitrogens is 1. The van der Waals surface area contributed by atoms with Crippen molar-refractivity contribution in [3.63, 3.8) is 0 Å². The van der Waals surface area contributed by atoms with Crippen LogP contribution in [0.4, 0.5) is 5.88 Å². The van der Waals surface area contributed by atoms with E-state index in [1.807, 2.05) is 26.6 Å². The molecular formula is C24H25N5O4S. The van der Waals surface area contributed by atoms with Crippen LogP contribution in [0.25, 0.3) is 11.7 Å². The van der Waals surface area contributed by atoms with Gasteiger partial charge in [0.05, 0.1) is 6.26 Å². The van der Waals surface area contributed by atoms with Crippen molar-refractivity contribution in [2.75, 3.05) is 31.1 Å². The van der Waals surface area contributed by atoms with Crippen LogP contribution in [0.15, 0.2) is 44.1 Å². The molecular weight excluding hydrogens is 454 g/mol. The van der Waals surface area contributed by atoms with Crippen molar-refractivity contribution in [1.82, 2.24) is 15.2 Å². The number of anilines is 1. The van der Waals surface area contributed by atoms with Gasteiger partial charge in [0.1, 0.15) is 6.07 Å². The monoisotopic (exact) mass is 479 g/mol. The van der Waals surface area contributed by atoms with E-state index in [0.29, 0.717) is 56.2 Å². The summed E-state index contributed by atoms with van der Waals surface area (Å²) in [5.74, 6) is 1.27. The zero-order chi connectivity index (χ0) is 23.5. The number of furan rings is 1. The summed E-state index contributed by atoms with van der Waals surface area (Å²) in [6, 6.07) is 7.48. The average molecular weight is 480 g/mol. The number of nitrogens with one attached hydrogen (secondary N) is 1. The number of oxazole rings is 1. The molecule has 2 fully saturated rings. The Kier molecular flexibility index (Phi) is 6.36. The molecule has 34 heavy (non-hydrogen) atoms. The molecule has 0 aromatic carbocycles. The van der Waals surface area contributed by atoms with E-state index in [0.717, 1.165) is 12.8 Å². The van der Waals surface area contributed by atoms with Crippen molar-refractivity contribution in [2.24, 2.45) is 5.92 Å². The smallest absolute Gasteiger partial charge is 0.266 e. The van der Waals surface area contributed by atoms with Crippen molar-refractivity contribution in [2.45, 2.75) is 31.7 Å². The van der Waals surface area contributed by atoms with E-state index < -0.39 is 0 Å². The molecule has 0 radical (unpaired) electrons. The Morgan fingerprint density at radius 2 is 1.94 bits per heavy atom. The Balaban J connectivity index is 1.13. The molecule has 3 aromatic rings. The lowest BCUT2D eigenvalue weighted by Crippen LogP contribution is -2.49. The SMILES string of the molecule is N#Cc1nc(-c2ccco2)oc1N1CCC(C(=O)N2CCC(NC(=O)c3ccsc3)CC2)CC1. The zero-order valence-corrected chi connectivity index (χ0v) is 19.4. The molecule has 1 N–H and O–H groups in total. The predicted octanol–water partition coefficient (Wildman–Crippen LogP) is 3.51. The molecule has 2 amide bonds. The minimum atomic E-state index is -0.0498. The van der Waals surface area contributed by atoms with Gasteiger partial charge in [-0.05, 0) is 49.3 Å². The van der Waals surface area contributed by atoms with E-state index in [4.69, 9.17) is 8.83 Å². The number of amides is 2. The van der Waals surface area contributed by atoms with Gasteiger partial charge in [0.15, 0.2) is 5.76 Å². The standard InChI is InChI=1S/C24H25N5O4S/c25-14-19-24(33-22(27-19)20-2-1-12-32-20)29-8-3-16(4-9-29)23(31)28-10-5-18(6-11-28)26-21(30)17-7-13-34-15-17/h1-2,7,12-13,15-16,18H,3-6,8-11H2,(H,26,30). The van der Waals surface area contributed by atoms with Crippen LogP contribution < -0.4 is 10.2 Å². The van der Waals surface area contributed by atoms with Crippen LogP contribution in [0.1, 0.15) is 41.7 Å². The van der Waals surface area contributed by atoms with Crippen LogP contribution in [0.3, 0.4) is 0 Å². The van der Waals surface area contributed by atoms with Gasteiger partial charge in [0, 0.05) is 49.1 Å². The second-order valence-electron chi connectivity index (χ2n) is 8.61. The maximum Gasteiger partial charge on any atom is 0.266 e. The molecule has 2 saturated heterocycles. The molecule has 0 unspecified atom stereocenters. The molecule has 0 spiro atoms. The number of hydrogen-bond donors (Lipinski definition) is 1. The predicted molar refractivity (Wildman–Crippen MR) is 125 cm³/mol. The number of likely N-dealkylation sites (tertiary alicyclic amines) is 1. The van der Waals surface area contributed by atoms with Crippen LogP contribution >= 0.6 is 11.3 Å². The molecule has 2 aliphatic heterocycles. The number of nitriles is 1. The van der Waals surface area contributed by atoms with Crippen molar-refractivity contribution in [3.8, 4) is 17.7 Å². The van der Waals surface area contributed by atoms with Crippen LogP contribution in [0.5, 0.6) is 0 Å². The van der Waals surface area contributed by atoms with Crippen LogP contribution in [-0.2, 0) is 4.79 Å². The third kappa shape index (κ3) is 4.56. The summed E-state index contributed by atoms with van der Waals surface area (Å²) >= 11 is 1.50. The highest BCUT2D eigenvalue weighted by Gasteiger charge is 2.33. The fourth-order valence-electron chi connectivity index (χ4n) is 4.60. The largest absolute Gasteiger partial charge is 0.459 e. The Morgan fingerprint density at radius 1 is 1.15 bits per heavy atom. The minimum absolute atomic E-state index is 0.0437. The maximum absolute atomic E-state index is 13.1. The summed E-state index contributed by atoms with van der Waals surface area (Å²) in [5.41, 5.74) is 0.917. The minimum Gasteiger partial charge on any atom is -0.459 e. The average Bonchev–Trinajstić information content (AvgIpc) is 3.65. The Hall–Kier alpha value is -3.58. The summed E-state index contributed by atoms with van der Waals surface area (Å²) < 4.78 is 11.2. The lowest BCUT2D eigenvalue weighted by Gasteiger charge is -2.37. The molecule has 3 aromatic heterocycles. The van der Waals surface area contributed by atoms with E-state index in [-0.39, 0.29) is 35.4 Å². The van der Waals surface area contributed by atoms with Gasteiger partial charge >= 0.3 is 0 Å². The molecule has 176 valence electrons. The van der Waals surface area contributed by atoms with Crippen LogP contribution in [-0.4, -0.2) is 53.9 Å². The Bertz CT molecular complexity index is 1160. The quantitative estimate of drug-likeness (QED) is 0.595. The van der Waals surface area contributed by atoms with Crippen molar-refractivity contribution >= 4 is 29.0 Å². The first-order valence-electron chi connectivity index (χ1n) is 11.4. The molecule has 10 heteroatoms. The maximum atomic E-state index is 13.1. The summed E-state index contributed by atoms with van der Waals surface area (Å²) in [4.78, 5) is 33.5. The Morgan fingerprint density at radius 3 is 2.59 bits per heavy atom. The summed E-state index contributed by atoms with van der Waals surface area (Å²) in [5, 5.41) is 16.3. The van der Waals surface area contributed by atoms with Gasteiger partial charge in [0.2, 0.25) is 17.5 Å². The fraction of sp³-hybridized carbons (Fsp3) is 0.417. The third-order valence-corrected chi connectivity index (χ3v) is 7.19. The second-order valence-corrected chi connectivity index (χ2v) is 9.39. The number of nitrogens with zero attached hydrogens (tertiary/aromatic N) is 4. The highest BCUT2D eigenvalue weighted by atomic mass is 32.1. The van der Waals surface area contributed by atoms with E-state index in [2.05, 4.69) is 16.4 Å². The topological polar surface area (TPSA) is 116 Å². The van der Waals surface area contributed by atoms with Gasteiger partial charge in [-0.15, -0.1) is 0 Å².